The van der Waals surface area contributed by atoms with Crippen LogP contribution in [-0.4, -0.2) is 31.2 Å². The van der Waals surface area contributed by atoms with Crippen LogP contribution in [0.5, 0.6) is 5.75 Å². The summed E-state index contributed by atoms with van der Waals surface area (Å²) < 4.78 is 18.4. The number of nitro benzene ring substituents is 1. The average molecular weight is 269 g/mol. The predicted molar refractivity (Wildman–Crippen MR) is 69.0 cm³/mol. The fraction of sp³-hybridized carbons (Fsp3) is 0.500. The summed E-state index contributed by atoms with van der Waals surface area (Å²) in [6, 6.07) is 2.24. The van der Waals surface area contributed by atoms with E-state index in [0.717, 1.165) is 18.9 Å². The number of benzene rings is 1. The van der Waals surface area contributed by atoms with Gasteiger partial charge in [0.05, 0.1) is 18.1 Å². The molecule has 7 heteroatoms. The maximum atomic E-state index is 13.6. The molecule has 2 N–H and O–H groups in total. The van der Waals surface area contributed by atoms with Crippen LogP contribution < -0.4 is 15.4 Å². The first-order valence-electron chi connectivity index (χ1n) is 6.05. The second-order valence-electron chi connectivity index (χ2n) is 4.58. The minimum atomic E-state index is -0.737. The van der Waals surface area contributed by atoms with E-state index in [1.165, 1.54) is 13.2 Å². The van der Waals surface area contributed by atoms with Gasteiger partial charge < -0.3 is 15.4 Å². The van der Waals surface area contributed by atoms with Crippen LogP contribution in [0.15, 0.2) is 12.1 Å². The molecule has 1 fully saturated rings. The van der Waals surface area contributed by atoms with Crippen molar-refractivity contribution >= 4 is 11.4 Å². The van der Waals surface area contributed by atoms with Gasteiger partial charge in [-0.25, -0.2) is 4.39 Å². The van der Waals surface area contributed by atoms with E-state index in [2.05, 4.69) is 0 Å². The normalized spacial score (nSPS) is 19.3. The molecular formula is C12H16FN3O3. The van der Waals surface area contributed by atoms with E-state index in [1.807, 2.05) is 4.90 Å². The molecule has 1 aromatic rings. The first-order valence-corrected chi connectivity index (χ1v) is 6.05. The molecule has 19 heavy (non-hydrogen) atoms. The summed E-state index contributed by atoms with van der Waals surface area (Å²) in [6.45, 7) is 1.19. The van der Waals surface area contributed by atoms with Crippen molar-refractivity contribution in [3.8, 4) is 5.75 Å². The van der Waals surface area contributed by atoms with Gasteiger partial charge in [0.25, 0.3) is 5.69 Å². The lowest BCUT2D eigenvalue weighted by molar-refractivity contribution is -0.384. The molecule has 104 valence electrons. The summed E-state index contributed by atoms with van der Waals surface area (Å²) in [5, 5.41) is 11.0. The summed E-state index contributed by atoms with van der Waals surface area (Å²) in [6.07, 6.45) is 1.75. The Balaban J connectivity index is 2.44. The quantitative estimate of drug-likeness (QED) is 0.666. The van der Waals surface area contributed by atoms with E-state index in [9.17, 15) is 14.5 Å². The Kier molecular flexibility index (Phi) is 3.84. The van der Waals surface area contributed by atoms with Crippen molar-refractivity contribution in [1.82, 2.24) is 0 Å². The number of anilines is 1. The molecule has 2 rings (SSSR count). The Labute approximate surface area is 110 Å². The average Bonchev–Trinajstić information content (AvgIpc) is 2.38. The van der Waals surface area contributed by atoms with Crippen molar-refractivity contribution in [3.05, 3.63) is 28.1 Å². The van der Waals surface area contributed by atoms with Crippen LogP contribution >= 0.6 is 0 Å². The maximum absolute atomic E-state index is 13.6. The monoisotopic (exact) mass is 269 g/mol. The molecule has 0 aliphatic carbocycles. The second kappa shape index (κ2) is 5.40. The van der Waals surface area contributed by atoms with E-state index in [0.29, 0.717) is 18.8 Å². The van der Waals surface area contributed by atoms with Gasteiger partial charge in [-0.05, 0) is 12.8 Å². The third-order valence-electron chi connectivity index (χ3n) is 3.24. The number of nitrogens with zero attached hydrogens (tertiary/aromatic N) is 2. The number of hydrogen-bond donors (Lipinski definition) is 1. The molecule has 1 heterocycles. The number of rotatable bonds is 3. The predicted octanol–water partition coefficient (Wildman–Crippen LogP) is 1.67. The lowest BCUT2D eigenvalue weighted by Gasteiger charge is -2.32. The number of nitro groups is 1. The SMILES string of the molecule is COc1cc(N2CCCC(N)C2)c([N+](=O)[O-])cc1F. The van der Waals surface area contributed by atoms with Gasteiger partial charge in [0.1, 0.15) is 5.69 Å². The zero-order valence-corrected chi connectivity index (χ0v) is 10.6. The van der Waals surface area contributed by atoms with Crippen molar-refractivity contribution in [2.24, 2.45) is 5.73 Å². The topological polar surface area (TPSA) is 81.6 Å². The Morgan fingerprint density at radius 3 is 2.89 bits per heavy atom. The Morgan fingerprint density at radius 1 is 1.58 bits per heavy atom. The molecule has 1 unspecified atom stereocenters. The first kappa shape index (κ1) is 13.5. The summed E-state index contributed by atoms with van der Waals surface area (Å²) >= 11 is 0. The number of hydrogen-bond acceptors (Lipinski definition) is 5. The molecule has 1 aromatic carbocycles. The number of ether oxygens (including phenoxy) is 1. The highest BCUT2D eigenvalue weighted by Crippen LogP contribution is 2.35. The summed E-state index contributed by atoms with van der Waals surface area (Å²) in [5.74, 6) is -0.737. The van der Waals surface area contributed by atoms with Gasteiger partial charge in [0, 0.05) is 25.2 Å². The third-order valence-corrected chi connectivity index (χ3v) is 3.24. The van der Waals surface area contributed by atoms with Crippen molar-refractivity contribution in [1.29, 1.82) is 0 Å². The minimum absolute atomic E-state index is 0.000236. The van der Waals surface area contributed by atoms with Crippen LogP contribution in [0, 0.1) is 15.9 Å². The highest BCUT2D eigenvalue weighted by molar-refractivity contribution is 5.66. The molecule has 0 bridgehead atoms. The van der Waals surface area contributed by atoms with Gasteiger partial charge in [0.15, 0.2) is 11.6 Å². The largest absolute Gasteiger partial charge is 0.494 e. The Bertz CT molecular complexity index is 495. The fourth-order valence-corrected chi connectivity index (χ4v) is 2.32. The van der Waals surface area contributed by atoms with Crippen molar-refractivity contribution in [2.45, 2.75) is 18.9 Å². The van der Waals surface area contributed by atoms with Gasteiger partial charge in [-0.1, -0.05) is 0 Å². The number of halogens is 1. The Hall–Kier alpha value is -1.89. The van der Waals surface area contributed by atoms with Gasteiger partial charge in [-0.3, -0.25) is 10.1 Å². The lowest BCUT2D eigenvalue weighted by Crippen LogP contribution is -2.43. The van der Waals surface area contributed by atoms with E-state index in [1.54, 1.807) is 0 Å². The molecule has 0 radical (unpaired) electrons. The fourth-order valence-electron chi connectivity index (χ4n) is 2.32. The van der Waals surface area contributed by atoms with Crippen molar-refractivity contribution < 1.29 is 14.1 Å². The lowest BCUT2D eigenvalue weighted by atomic mass is 10.1. The molecule has 1 aliphatic heterocycles. The third kappa shape index (κ3) is 2.76. The van der Waals surface area contributed by atoms with Crippen LogP contribution in [-0.2, 0) is 0 Å². The van der Waals surface area contributed by atoms with Crippen LogP contribution in [0.25, 0.3) is 0 Å². The Morgan fingerprint density at radius 2 is 2.32 bits per heavy atom. The number of methoxy groups -OCH3 is 1. The molecular weight excluding hydrogens is 253 g/mol. The summed E-state index contributed by atoms with van der Waals surface area (Å²) in [7, 11) is 1.33. The molecule has 1 saturated heterocycles. The van der Waals surface area contributed by atoms with Gasteiger partial charge >= 0.3 is 0 Å². The van der Waals surface area contributed by atoms with Crippen LogP contribution in [0.1, 0.15) is 12.8 Å². The summed E-state index contributed by atoms with van der Waals surface area (Å²) in [4.78, 5) is 12.3. The van der Waals surface area contributed by atoms with E-state index in [-0.39, 0.29) is 17.5 Å². The maximum Gasteiger partial charge on any atom is 0.295 e. The molecule has 0 spiro atoms. The summed E-state index contributed by atoms with van der Waals surface area (Å²) in [5.41, 5.74) is 5.97. The van der Waals surface area contributed by atoms with E-state index in [4.69, 9.17) is 10.5 Å². The van der Waals surface area contributed by atoms with Gasteiger partial charge in [0.2, 0.25) is 0 Å². The molecule has 0 saturated carbocycles. The van der Waals surface area contributed by atoms with Crippen LogP contribution in [0.4, 0.5) is 15.8 Å². The van der Waals surface area contributed by atoms with Crippen molar-refractivity contribution in [2.75, 3.05) is 25.1 Å². The minimum Gasteiger partial charge on any atom is -0.494 e. The smallest absolute Gasteiger partial charge is 0.295 e. The molecule has 6 nitrogen and oxygen atoms in total. The zero-order valence-electron chi connectivity index (χ0n) is 10.6. The second-order valence-corrected chi connectivity index (χ2v) is 4.58. The van der Waals surface area contributed by atoms with E-state index < -0.39 is 10.7 Å². The zero-order chi connectivity index (χ0) is 14.0. The number of nitrogens with two attached hydrogens (primary N) is 1. The first-order chi connectivity index (χ1) is 9.02. The van der Waals surface area contributed by atoms with Gasteiger partial charge in [-0.15, -0.1) is 0 Å². The number of piperidine rings is 1. The van der Waals surface area contributed by atoms with Gasteiger partial charge in [-0.2, -0.15) is 0 Å². The standard InChI is InChI=1S/C12H16FN3O3/c1-19-12-6-10(11(16(17)18)5-9(12)13)15-4-2-3-8(14)7-15/h5-6,8H,2-4,7,14H2,1H3. The highest BCUT2D eigenvalue weighted by Gasteiger charge is 2.26. The molecule has 0 amide bonds. The molecule has 1 atom stereocenters. The van der Waals surface area contributed by atoms with E-state index >= 15 is 0 Å². The highest BCUT2D eigenvalue weighted by atomic mass is 19.1. The van der Waals surface area contributed by atoms with Crippen molar-refractivity contribution in [3.63, 3.8) is 0 Å². The molecule has 0 aromatic heterocycles. The van der Waals surface area contributed by atoms with Crippen LogP contribution in [0.2, 0.25) is 0 Å². The van der Waals surface area contributed by atoms with Crippen LogP contribution in [0.3, 0.4) is 0 Å². The molecule has 1 aliphatic rings.